The molecule has 8 heteroatoms. The number of methoxy groups -OCH3 is 2. The predicted octanol–water partition coefficient (Wildman–Crippen LogP) is 2.35. The maximum atomic E-state index is 13.8. The van der Waals surface area contributed by atoms with E-state index in [1.807, 2.05) is 0 Å². The van der Waals surface area contributed by atoms with E-state index in [0.717, 1.165) is 0 Å². The number of hydrogen-bond donors (Lipinski definition) is 0. The molecule has 3 rings (SSSR count). The van der Waals surface area contributed by atoms with Gasteiger partial charge in [0.1, 0.15) is 5.82 Å². The maximum Gasteiger partial charge on any atom is 0.243 e. The molecule has 0 spiro atoms. The highest BCUT2D eigenvalue weighted by Gasteiger charge is 2.29. The Balaban J connectivity index is 1.69. The molecular formula is C19H23FN2O4S. The number of rotatable bonds is 6. The van der Waals surface area contributed by atoms with Gasteiger partial charge in [-0.05, 0) is 18.2 Å². The second kappa shape index (κ2) is 8.24. The fourth-order valence-corrected chi connectivity index (χ4v) is 4.56. The third-order valence-corrected chi connectivity index (χ3v) is 6.57. The summed E-state index contributed by atoms with van der Waals surface area (Å²) in [5.74, 6) is 0.612. The van der Waals surface area contributed by atoms with Crippen molar-refractivity contribution in [2.75, 3.05) is 40.4 Å². The standard InChI is InChI=1S/C19H23FN2O4S/c1-25-18-8-7-16(13-19(18)26-2)27(23,24)22-11-9-21(10-12-22)14-15-5-3-4-6-17(15)20/h3-8,13H,9-12,14H2,1-2H3. The zero-order chi connectivity index (χ0) is 19.4. The average Bonchev–Trinajstić information content (AvgIpc) is 2.69. The largest absolute Gasteiger partial charge is 0.493 e. The van der Waals surface area contributed by atoms with Crippen LogP contribution >= 0.6 is 0 Å². The number of sulfonamides is 1. The number of benzene rings is 2. The lowest BCUT2D eigenvalue weighted by molar-refractivity contribution is 0.180. The molecule has 1 aliphatic heterocycles. The summed E-state index contributed by atoms with van der Waals surface area (Å²) in [6.45, 7) is 2.26. The molecule has 27 heavy (non-hydrogen) atoms. The molecule has 1 saturated heterocycles. The van der Waals surface area contributed by atoms with Crippen LogP contribution < -0.4 is 9.47 Å². The Morgan fingerprint density at radius 2 is 1.63 bits per heavy atom. The Labute approximate surface area is 159 Å². The van der Waals surface area contributed by atoms with E-state index >= 15 is 0 Å². The molecule has 6 nitrogen and oxygen atoms in total. The van der Waals surface area contributed by atoms with Crippen molar-refractivity contribution in [1.29, 1.82) is 0 Å². The van der Waals surface area contributed by atoms with Gasteiger partial charge >= 0.3 is 0 Å². The molecule has 0 amide bonds. The van der Waals surface area contributed by atoms with Gasteiger partial charge in [-0.1, -0.05) is 18.2 Å². The summed E-state index contributed by atoms with van der Waals surface area (Å²) in [5, 5.41) is 0. The minimum Gasteiger partial charge on any atom is -0.493 e. The second-order valence-electron chi connectivity index (χ2n) is 6.29. The molecular weight excluding hydrogens is 371 g/mol. The molecule has 0 aliphatic carbocycles. The van der Waals surface area contributed by atoms with Crippen molar-refractivity contribution in [3.05, 3.63) is 53.8 Å². The first kappa shape index (κ1) is 19.6. The number of nitrogens with zero attached hydrogens (tertiary/aromatic N) is 2. The Morgan fingerprint density at radius 3 is 2.26 bits per heavy atom. The highest BCUT2D eigenvalue weighted by atomic mass is 32.2. The highest BCUT2D eigenvalue weighted by Crippen LogP contribution is 2.31. The molecule has 0 atom stereocenters. The summed E-state index contributed by atoms with van der Waals surface area (Å²) < 4.78 is 51.5. The van der Waals surface area contributed by atoms with Crippen LogP contribution in [0.1, 0.15) is 5.56 Å². The third-order valence-electron chi connectivity index (χ3n) is 4.68. The van der Waals surface area contributed by atoms with Crippen LogP contribution in [0.3, 0.4) is 0 Å². The molecule has 1 fully saturated rings. The van der Waals surface area contributed by atoms with Crippen molar-refractivity contribution in [1.82, 2.24) is 9.21 Å². The normalized spacial score (nSPS) is 16.3. The average molecular weight is 394 g/mol. The SMILES string of the molecule is COc1ccc(S(=O)(=O)N2CCN(Cc3ccccc3F)CC2)cc1OC. The molecule has 0 saturated carbocycles. The molecule has 0 aromatic heterocycles. The first-order valence-corrected chi connectivity index (χ1v) is 10.1. The quantitative estimate of drug-likeness (QED) is 0.753. The van der Waals surface area contributed by atoms with Crippen molar-refractivity contribution in [2.45, 2.75) is 11.4 Å². The monoisotopic (exact) mass is 394 g/mol. The topological polar surface area (TPSA) is 59.1 Å². The molecule has 0 bridgehead atoms. The van der Waals surface area contributed by atoms with Crippen molar-refractivity contribution < 1.29 is 22.3 Å². The number of halogens is 1. The van der Waals surface area contributed by atoms with Crippen LogP contribution in [-0.4, -0.2) is 58.0 Å². The Bertz CT molecular complexity index is 896. The van der Waals surface area contributed by atoms with E-state index in [-0.39, 0.29) is 10.7 Å². The van der Waals surface area contributed by atoms with Crippen LogP contribution in [0, 0.1) is 5.82 Å². The van der Waals surface area contributed by atoms with Crippen LogP contribution in [-0.2, 0) is 16.6 Å². The molecule has 2 aromatic rings. The molecule has 2 aromatic carbocycles. The zero-order valence-electron chi connectivity index (χ0n) is 15.4. The summed E-state index contributed by atoms with van der Waals surface area (Å²) in [6, 6.07) is 11.2. The van der Waals surface area contributed by atoms with Crippen molar-refractivity contribution in [3.63, 3.8) is 0 Å². The van der Waals surface area contributed by atoms with Gasteiger partial charge in [-0.25, -0.2) is 12.8 Å². The van der Waals surface area contributed by atoms with Crippen molar-refractivity contribution in [2.24, 2.45) is 0 Å². The lowest BCUT2D eigenvalue weighted by Gasteiger charge is -2.34. The lowest BCUT2D eigenvalue weighted by Crippen LogP contribution is -2.48. The second-order valence-corrected chi connectivity index (χ2v) is 8.23. The van der Waals surface area contributed by atoms with Gasteiger partial charge in [-0.2, -0.15) is 4.31 Å². The van der Waals surface area contributed by atoms with Crippen LogP contribution in [0.2, 0.25) is 0 Å². The van der Waals surface area contributed by atoms with E-state index in [1.54, 1.807) is 24.3 Å². The molecule has 1 aliphatic rings. The van der Waals surface area contributed by atoms with Gasteiger partial charge in [0.15, 0.2) is 11.5 Å². The summed E-state index contributed by atoms with van der Waals surface area (Å²) in [4.78, 5) is 2.22. The van der Waals surface area contributed by atoms with Gasteiger partial charge in [0.05, 0.1) is 19.1 Å². The van der Waals surface area contributed by atoms with Gasteiger partial charge < -0.3 is 9.47 Å². The lowest BCUT2D eigenvalue weighted by atomic mass is 10.2. The highest BCUT2D eigenvalue weighted by molar-refractivity contribution is 7.89. The molecule has 0 unspecified atom stereocenters. The van der Waals surface area contributed by atoms with E-state index in [2.05, 4.69) is 4.90 Å². The summed E-state index contributed by atoms with van der Waals surface area (Å²) in [5.41, 5.74) is 0.619. The van der Waals surface area contributed by atoms with Gasteiger partial charge in [0.2, 0.25) is 10.0 Å². The third kappa shape index (κ3) is 4.23. The fourth-order valence-electron chi connectivity index (χ4n) is 3.12. The minimum absolute atomic E-state index is 0.169. The van der Waals surface area contributed by atoms with Crippen molar-refractivity contribution in [3.8, 4) is 11.5 Å². The van der Waals surface area contributed by atoms with Crippen LogP contribution in [0.25, 0.3) is 0 Å². The van der Waals surface area contributed by atoms with Crippen LogP contribution in [0.5, 0.6) is 11.5 Å². The Hall–Kier alpha value is -2.16. The first-order valence-electron chi connectivity index (χ1n) is 8.63. The Kier molecular flexibility index (Phi) is 5.98. The minimum atomic E-state index is -3.63. The van der Waals surface area contributed by atoms with Gasteiger partial charge in [-0.15, -0.1) is 0 Å². The van der Waals surface area contributed by atoms with E-state index < -0.39 is 10.0 Å². The first-order chi connectivity index (χ1) is 13.0. The summed E-state index contributed by atoms with van der Waals surface area (Å²) >= 11 is 0. The molecule has 1 heterocycles. The van der Waals surface area contributed by atoms with Gasteiger partial charge in [0.25, 0.3) is 0 Å². The van der Waals surface area contributed by atoms with E-state index in [0.29, 0.717) is 49.8 Å². The van der Waals surface area contributed by atoms with Crippen molar-refractivity contribution >= 4 is 10.0 Å². The molecule has 146 valence electrons. The van der Waals surface area contributed by atoms with Crippen LogP contribution in [0.15, 0.2) is 47.4 Å². The zero-order valence-corrected chi connectivity index (χ0v) is 16.2. The maximum absolute atomic E-state index is 13.8. The number of piperazine rings is 1. The summed E-state index contributed by atoms with van der Waals surface area (Å²) in [6.07, 6.45) is 0. The fraction of sp³-hybridized carbons (Fsp3) is 0.368. The smallest absolute Gasteiger partial charge is 0.243 e. The predicted molar refractivity (Wildman–Crippen MR) is 100.0 cm³/mol. The number of ether oxygens (including phenoxy) is 2. The summed E-state index contributed by atoms with van der Waals surface area (Å²) in [7, 11) is -0.658. The molecule has 0 radical (unpaired) electrons. The number of hydrogen-bond acceptors (Lipinski definition) is 5. The van der Waals surface area contributed by atoms with E-state index in [4.69, 9.17) is 9.47 Å². The van der Waals surface area contributed by atoms with E-state index in [1.165, 1.54) is 36.7 Å². The van der Waals surface area contributed by atoms with E-state index in [9.17, 15) is 12.8 Å². The van der Waals surface area contributed by atoms with Crippen LogP contribution in [0.4, 0.5) is 4.39 Å². The Morgan fingerprint density at radius 1 is 0.963 bits per heavy atom. The molecule has 0 N–H and O–H groups in total. The van der Waals surface area contributed by atoms with Gasteiger partial charge in [0, 0.05) is 44.4 Å². The van der Waals surface area contributed by atoms with Gasteiger partial charge in [-0.3, -0.25) is 4.90 Å².